The molecule has 2 aromatic rings. The van der Waals surface area contributed by atoms with Crippen molar-refractivity contribution in [1.29, 1.82) is 0 Å². The number of nitrogen functional groups attached to an aromatic ring is 1. The van der Waals surface area contributed by atoms with E-state index in [0.717, 1.165) is 28.8 Å². The van der Waals surface area contributed by atoms with E-state index in [1.165, 1.54) is 12.1 Å². The maximum absolute atomic E-state index is 12.6. The zero-order valence-electron chi connectivity index (χ0n) is 12.3. The minimum absolute atomic E-state index is 0.0734. The summed E-state index contributed by atoms with van der Waals surface area (Å²) in [6.07, 6.45) is -4.31. The van der Waals surface area contributed by atoms with Gasteiger partial charge in [0.05, 0.1) is 5.56 Å². The highest BCUT2D eigenvalue weighted by atomic mass is 19.4. The van der Waals surface area contributed by atoms with Crippen LogP contribution >= 0.6 is 0 Å². The molecule has 2 N–H and O–H groups in total. The van der Waals surface area contributed by atoms with Crippen molar-refractivity contribution < 1.29 is 13.2 Å². The zero-order valence-corrected chi connectivity index (χ0v) is 12.3. The highest BCUT2D eigenvalue weighted by Gasteiger charge is 2.30. The normalized spacial score (nSPS) is 12.5. The lowest BCUT2D eigenvalue weighted by Crippen LogP contribution is -2.11. The molecule has 2 rings (SSSR count). The second-order valence-electron chi connectivity index (χ2n) is 6.17. The van der Waals surface area contributed by atoms with Gasteiger partial charge in [-0.05, 0) is 46.4 Å². The summed E-state index contributed by atoms with van der Waals surface area (Å²) < 4.78 is 37.8. The molecule has 0 aliphatic carbocycles. The third-order valence-electron chi connectivity index (χ3n) is 3.37. The molecule has 0 spiro atoms. The van der Waals surface area contributed by atoms with Crippen LogP contribution in [0.25, 0.3) is 11.1 Å². The Hall–Kier alpha value is -1.97. The van der Waals surface area contributed by atoms with E-state index in [1.54, 1.807) is 6.07 Å². The maximum Gasteiger partial charge on any atom is 0.416 e. The van der Waals surface area contributed by atoms with Crippen molar-refractivity contribution in [3.05, 3.63) is 53.6 Å². The van der Waals surface area contributed by atoms with Gasteiger partial charge >= 0.3 is 6.18 Å². The van der Waals surface area contributed by atoms with Crippen molar-refractivity contribution in [3.63, 3.8) is 0 Å². The molecule has 1 nitrogen and oxygen atoms in total. The third-order valence-corrected chi connectivity index (χ3v) is 3.37. The van der Waals surface area contributed by atoms with Crippen molar-refractivity contribution in [2.45, 2.75) is 32.4 Å². The van der Waals surface area contributed by atoms with Crippen molar-refractivity contribution in [3.8, 4) is 11.1 Å². The topological polar surface area (TPSA) is 26.0 Å². The Morgan fingerprint density at radius 1 is 0.762 bits per heavy atom. The van der Waals surface area contributed by atoms with Crippen molar-refractivity contribution in [2.24, 2.45) is 0 Å². The van der Waals surface area contributed by atoms with Gasteiger partial charge in [0.1, 0.15) is 0 Å². The van der Waals surface area contributed by atoms with Crippen molar-refractivity contribution >= 4 is 5.69 Å². The van der Waals surface area contributed by atoms with Gasteiger partial charge in [0.15, 0.2) is 0 Å². The van der Waals surface area contributed by atoms with Gasteiger partial charge in [-0.1, -0.05) is 39.0 Å². The number of hydrogen-bond donors (Lipinski definition) is 1. The summed E-state index contributed by atoms with van der Waals surface area (Å²) in [6, 6.07) is 10.8. The Kier molecular flexibility index (Phi) is 3.74. The van der Waals surface area contributed by atoms with Gasteiger partial charge in [0, 0.05) is 5.69 Å². The molecule has 0 atom stereocenters. The molecule has 0 saturated heterocycles. The first-order chi connectivity index (χ1) is 9.57. The average Bonchev–Trinajstić information content (AvgIpc) is 2.36. The van der Waals surface area contributed by atoms with Crippen molar-refractivity contribution in [1.82, 2.24) is 0 Å². The smallest absolute Gasteiger partial charge is 0.399 e. The van der Waals surface area contributed by atoms with Crippen LogP contribution in [0.3, 0.4) is 0 Å². The van der Waals surface area contributed by atoms with Crippen LogP contribution in [0.1, 0.15) is 31.9 Å². The molecule has 0 fully saturated rings. The SMILES string of the molecule is CC(C)(C)c1cc(N)cc(-c2ccc(C(F)(F)F)cc2)c1. The summed E-state index contributed by atoms with van der Waals surface area (Å²) >= 11 is 0. The summed E-state index contributed by atoms with van der Waals surface area (Å²) in [5, 5.41) is 0. The Balaban J connectivity index is 2.45. The summed E-state index contributed by atoms with van der Waals surface area (Å²) in [5.41, 5.74) is 8.40. The Morgan fingerprint density at radius 2 is 1.33 bits per heavy atom. The van der Waals surface area contributed by atoms with E-state index in [0.29, 0.717) is 5.69 Å². The van der Waals surface area contributed by atoms with Gasteiger partial charge in [0.25, 0.3) is 0 Å². The van der Waals surface area contributed by atoms with Gasteiger partial charge < -0.3 is 5.73 Å². The van der Waals surface area contributed by atoms with Crippen molar-refractivity contribution in [2.75, 3.05) is 5.73 Å². The molecule has 0 radical (unpaired) electrons. The van der Waals surface area contributed by atoms with E-state index in [9.17, 15) is 13.2 Å². The summed E-state index contributed by atoms with van der Waals surface area (Å²) in [5.74, 6) is 0. The molecule has 4 heteroatoms. The zero-order chi connectivity index (χ0) is 15.8. The first-order valence-electron chi connectivity index (χ1n) is 6.66. The molecule has 0 amide bonds. The monoisotopic (exact) mass is 293 g/mol. The molecule has 112 valence electrons. The molecule has 0 aromatic heterocycles. The third kappa shape index (κ3) is 3.57. The molecular formula is C17H18F3N. The first-order valence-corrected chi connectivity index (χ1v) is 6.66. The fourth-order valence-corrected chi connectivity index (χ4v) is 2.10. The number of rotatable bonds is 1. The number of benzene rings is 2. The average molecular weight is 293 g/mol. The highest BCUT2D eigenvalue weighted by Crippen LogP contribution is 2.33. The van der Waals surface area contributed by atoms with E-state index in [4.69, 9.17) is 5.73 Å². The maximum atomic E-state index is 12.6. The number of nitrogens with two attached hydrogens (primary N) is 1. The van der Waals surface area contributed by atoms with Crippen LogP contribution in [-0.2, 0) is 11.6 Å². The molecule has 21 heavy (non-hydrogen) atoms. The number of anilines is 1. The Bertz CT molecular complexity index is 635. The van der Waals surface area contributed by atoms with E-state index < -0.39 is 11.7 Å². The number of hydrogen-bond acceptors (Lipinski definition) is 1. The Morgan fingerprint density at radius 3 is 1.81 bits per heavy atom. The van der Waals surface area contributed by atoms with E-state index >= 15 is 0 Å². The lowest BCUT2D eigenvalue weighted by molar-refractivity contribution is -0.137. The Labute approximate surface area is 122 Å². The number of alkyl halides is 3. The van der Waals surface area contributed by atoms with Crippen LogP contribution in [0, 0.1) is 0 Å². The van der Waals surface area contributed by atoms with Crippen LogP contribution < -0.4 is 5.73 Å². The van der Waals surface area contributed by atoms with Crippen LogP contribution in [0.4, 0.5) is 18.9 Å². The fourth-order valence-electron chi connectivity index (χ4n) is 2.10. The van der Waals surface area contributed by atoms with Gasteiger partial charge in [0.2, 0.25) is 0 Å². The predicted octanol–water partition coefficient (Wildman–Crippen LogP) is 5.25. The molecule has 0 aliphatic rings. The van der Waals surface area contributed by atoms with Crippen LogP contribution in [0.15, 0.2) is 42.5 Å². The summed E-state index contributed by atoms with van der Waals surface area (Å²) in [6.45, 7) is 6.20. The standard InChI is InChI=1S/C17H18F3N/c1-16(2,3)14-8-12(9-15(21)10-14)11-4-6-13(7-5-11)17(18,19)20/h4-10H,21H2,1-3H3. The van der Waals surface area contributed by atoms with Gasteiger partial charge in [-0.2, -0.15) is 13.2 Å². The second kappa shape index (κ2) is 5.10. The molecule has 0 aliphatic heterocycles. The molecular weight excluding hydrogens is 275 g/mol. The quantitative estimate of drug-likeness (QED) is 0.714. The lowest BCUT2D eigenvalue weighted by Gasteiger charge is -2.21. The predicted molar refractivity (Wildman–Crippen MR) is 80.0 cm³/mol. The molecule has 0 heterocycles. The fraction of sp³-hybridized carbons (Fsp3) is 0.294. The van der Waals surface area contributed by atoms with Crippen LogP contribution in [0.5, 0.6) is 0 Å². The minimum atomic E-state index is -4.31. The summed E-state index contributed by atoms with van der Waals surface area (Å²) in [4.78, 5) is 0. The van der Waals surface area contributed by atoms with Crippen LogP contribution in [0.2, 0.25) is 0 Å². The lowest BCUT2D eigenvalue weighted by atomic mass is 9.85. The minimum Gasteiger partial charge on any atom is -0.399 e. The van der Waals surface area contributed by atoms with E-state index in [2.05, 4.69) is 20.8 Å². The van der Waals surface area contributed by atoms with E-state index in [-0.39, 0.29) is 5.41 Å². The van der Waals surface area contributed by atoms with Gasteiger partial charge in [-0.15, -0.1) is 0 Å². The highest BCUT2D eigenvalue weighted by molar-refractivity contribution is 5.69. The second-order valence-corrected chi connectivity index (χ2v) is 6.17. The van der Waals surface area contributed by atoms with Gasteiger partial charge in [-0.25, -0.2) is 0 Å². The molecule has 0 bridgehead atoms. The largest absolute Gasteiger partial charge is 0.416 e. The molecule has 2 aromatic carbocycles. The number of halogens is 3. The van der Waals surface area contributed by atoms with E-state index in [1.807, 2.05) is 12.1 Å². The summed E-state index contributed by atoms with van der Waals surface area (Å²) in [7, 11) is 0. The van der Waals surface area contributed by atoms with Crippen LogP contribution in [-0.4, -0.2) is 0 Å². The van der Waals surface area contributed by atoms with Gasteiger partial charge in [-0.3, -0.25) is 0 Å². The molecule has 0 saturated carbocycles. The first kappa shape index (κ1) is 15.4. The molecule has 0 unspecified atom stereocenters.